The van der Waals surface area contributed by atoms with Crippen molar-refractivity contribution in [1.29, 1.82) is 0 Å². The fourth-order valence-electron chi connectivity index (χ4n) is 1.35. The highest BCUT2D eigenvalue weighted by Crippen LogP contribution is 1.99. The molecule has 0 spiro atoms. The predicted molar refractivity (Wildman–Crippen MR) is 71.7 cm³/mol. The van der Waals surface area contributed by atoms with E-state index in [1.165, 1.54) is 16.7 Å². The van der Waals surface area contributed by atoms with Crippen molar-refractivity contribution in [2.24, 2.45) is 0 Å². The summed E-state index contributed by atoms with van der Waals surface area (Å²) in [6, 6.07) is 18.9. The lowest BCUT2D eigenvalue weighted by Crippen LogP contribution is -1.73. The Morgan fingerprint density at radius 2 is 1.12 bits per heavy atom. The van der Waals surface area contributed by atoms with Gasteiger partial charge in [0, 0.05) is 0 Å². The van der Waals surface area contributed by atoms with Crippen LogP contribution in [0.2, 0.25) is 0 Å². The van der Waals surface area contributed by atoms with Gasteiger partial charge in [-0.2, -0.15) is 0 Å². The second-order valence-electron chi connectivity index (χ2n) is 3.99. The van der Waals surface area contributed by atoms with E-state index in [2.05, 4.69) is 69.3 Å². The summed E-state index contributed by atoms with van der Waals surface area (Å²) in [4.78, 5) is 0. The highest BCUT2D eigenvalue weighted by molar-refractivity contribution is 5.19. The Bertz CT molecular complexity index is 363. The summed E-state index contributed by atoms with van der Waals surface area (Å²) in [5, 5.41) is 0. The summed E-state index contributed by atoms with van der Waals surface area (Å²) >= 11 is 0. The maximum absolute atomic E-state index is 2.16. The quantitative estimate of drug-likeness (QED) is 0.650. The Morgan fingerprint density at radius 3 is 1.44 bits per heavy atom. The molecule has 0 heteroatoms. The van der Waals surface area contributed by atoms with Crippen LogP contribution >= 0.6 is 0 Å². The zero-order chi connectivity index (χ0) is 11.8. The minimum atomic E-state index is 1.14. The predicted octanol–water partition coefficient (Wildman–Crippen LogP) is 4.55. The molecule has 0 atom stereocenters. The Balaban J connectivity index is 0.000000160. The molecule has 2 aromatic rings. The Hall–Kier alpha value is -1.56. The number of rotatable bonds is 1. The number of benzene rings is 2. The monoisotopic (exact) mass is 212 g/mol. The molecule has 0 aromatic heterocycles. The SMILES string of the molecule is CCc1ccccc1.Cc1ccc(C)cc1. The van der Waals surface area contributed by atoms with Gasteiger partial charge in [-0.25, -0.2) is 0 Å². The van der Waals surface area contributed by atoms with Crippen molar-refractivity contribution in [2.75, 3.05) is 0 Å². The molecule has 0 aliphatic rings. The summed E-state index contributed by atoms with van der Waals surface area (Å²) in [6.45, 7) is 6.36. The molecule has 0 nitrogen and oxygen atoms in total. The van der Waals surface area contributed by atoms with Gasteiger partial charge in [0.1, 0.15) is 0 Å². The topological polar surface area (TPSA) is 0 Å². The van der Waals surface area contributed by atoms with Gasteiger partial charge in [0.15, 0.2) is 0 Å². The minimum Gasteiger partial charge on any atom is -0.0622 e. The molecule has 0 saturated carbocycles. The van der Waals surface area contributed by atoms with Crippen LogP contribution in [0.5, 0.6) is 0 Å². The molecule has 0 aliphatic carbocycles. The maximum atomic E-state index is 2.16. The van der Waals surface area contributed by atoms with E-state index in [0.717, 1.165) is 6.42 Å². The van der Waals surface area contributed by atoms with Crippen molar-refractivity contribution >= 4 is 0 Å². The van der Waals surface area contributed by atoms with E-state index in [0.29, 0.717) is 0 Å². The van der Waals surface area contributed by atoms with Crippen molar-refractivity contribution in [3.63, 3.8) is 0 Å². The highest BCUT2D eigenvalue weighted by Gasteiger charge is 1.80. The van der Waals surface area contributed by atoms with E-state index in [1.54, 1.807) is 0 Å². The molecule has 16 heavy (non-hydrogen) atoms. The molecule has 0 heterocycles. The molecule has 0 N–H and O–H groups in total. The maximum Gasteiger partial charge on any atom is -0.0307 e. The molecule has 0 saturated heterocycles. The van der Waals surface area contributed by atoms with E-state index in [1.807, 2.05) is 6.07 Å². The fourth-order valence-corrected chi connectivity index (χ4v) is 1.35. The largest absolute Gasteiger partial charge is 0.0622 e. The summed E-state index contributed by atoms with van der Waals surface area (Å²) in [6.07, 6.45) is 1.14. The lowest BCUT2D eigenvalue weighted by Gasteiger charge is -1.90. The molecule has 0 unspecified atom stereocenters. The average Bonchev–Trinajstić information content (AvgIpc) is 2.35. The average molecular weight is 212 g/mol. The lowest BCUT2D eigenvalue weighted by atomic mass is 10.2. The van der Waals surface area contributed by atoms with Crippen LogP contribution in [0.3, 0.4) is 0 Å². The van der Waals surface area contributed by atoms with Crippen LogP contribution in [0.15, 0.2) is 54.6 Å². The first kappa shape index (κ1) is 12.5. The van der Waals surface area contributed by atoms with E-state index >= 15 is 0 Å². The third-order valence-corrected chi connectivity index (χ3v) is 2.47. The highest BCUT2D eigenvalue weighted by atomic mass is 13.9. The third kappa shape index (κ3) is 4.79. The van der Waals surface area contributed by atoms with Gasteiger partial charge in [-0.05, 0) is 25.8 Å². The number of hydrogen-bond acceptors (Lipinski definition) is 0. The van der Waals surface area contributed by atoms with Gasteiger partial charge in [0.25, 0.3) is 0 Å². The van der Waals surface area contributed by atoms with Crippen molar-refractivity contribution in [3.05, 3.63) is 71.3 Å². The van der Waals surface area contributed by atoms with E-state index in [-0.39, 0.29) is 0 Å². The molecule has 0 radical (unpaired) electrons. The minimum absolute atomic E-state index is 1.14. The Morgan fingerprint density at radius 1 is 0.688 bits per heavy atom. The first-order chi connectivity index (χ1) is 7.72. The van der Waals surface area contributed by atoms with Crippen LogP contribution in [0.25, 0.3) is 0 Å². The molecular weight excluding hydrogens is 192 g/mol. The normalized spacial score (nSPS) is 9.19. The zero-order valence-electron chi connectivity index (χ0n) is 10.4. The van der Waals surface area contributed by atoms with Gasteiger partial charge in [-0.3, -0.25) is 0 Å². The zero-order valence-corrected chi connectivity index (χ0v) is 10.4. The molecule has 2 rings (SSSR count). The molecule has 0 aliphatic heterocycles. The van der Waals surface area contributed by atoms with Crippen molar-refractivity contribution in [1.82, 2.24) is 0 Å². The van der Waals surface area contributed by atoms with Crippen molar-refractivity contribution in [2.45, 2.75) is 27.2 Å². The van der Waals surface area contributed by atoms with Gasteiger partial charge in [-0.1, -0.05) is 72.6 Å². The van der Waals surface area contributed by atoms with Gasteiger partial charge >= 0.3 is 0 Å². The van der Waals surface area contributed by atoms with Crippen LogP contribution in [0.4, 0.5) is 0 Å². The van der Waals surface area contributed by atoms with Crippen LogP contribution in [0.1, 0.15) is 23.6 Å². The number of aryl methyl sites for hydroxylation is 3. The van der Waals surface area contributed by atoms with Crippen LogP contribution in [0, 0.1) is 13.8 Å². The smallest absolute Gasteiger partial charge is 0.0307 e. The second-order valence-corrected chi connectivity index (χ2v) is 3.99. The number of hydrogen-bond donors (Lipinski definition) is 0. The van der Waals surface area contributed by atoms with Crippen LogP contribution in [-0.4, -0.2) is 0 Å². The first-order valence-corrected chi connectivity index (χ1v) is 5.79. The third-order valence-electron chi connectivity index (χ3n) is 2.47. The Labute approximate surface area is 99.0 Å². The molecular formula is C16H20. The van der Waals surface area contributed by atoms with Crippen LogP contribution in [-0.2, 0) is 6.42 Å². The molecule has 0 bridgehead atoms. The van der Waals surface area contributed by atoms with Gasteiger partial charge in [0.05, 0.1) is 0 Å². The van der Waals surface area contributed by atoms with E-state index < -0.39 is 0 Å². The van der Waals surface area contributed by atoms with Gasteiger partial charge in [0.2, 0.25) is 0 Å². The first-order valence-electron chi connectivity index (χ1n) is 5.79. The van der Waals surface area contributed by atoms with E-state index in [4.69, 9.17) is 0 Å². The lowest BCUT2D eigenvalue weighted by molar-refractivity contribution is 1.14. The second kappa shape index (κ2) is 6.84. The van der Waals surface area contributed by atoms with Crippen molar-refractivity contribution in [3.8, 4) is 0 Å². The summed E-state index contributed by atoms with van der Waals surface area (Å²) in [5.74, 6) is 0. The molecule has 0 fully saturated rings. The molecule has 84 valence electrons. The molecule has 2 aromatic carbocycles. The van der Waals surface area contributed by atoms with E-state index in [9.17, 15) is 0 Å². The van der Waals surface area contributed by atoms with Crippen LogP contribution < -0.4 is 0 Å². The Kier molecular flexibility index (Phi) is 5.35. The summed E-state index contributed by atoms with van der Waals surface area (Å²) < 4.78 is 0. The van der Waals surface area contributed by atoms with Crippen molar-refractivity contribution < 1.29 is 0 Å². The summed E-state index contributed by atoms with van der Waals surface area (Å²) in [7, 11) is 0. The summed E-state index contributed by atoms with van der Waals surface area (Å²) in [5.41, 5.74) is 4.07. The molecule has 0 amide bonds. The fraction of sp³-hybridized carbons (Fsp3) is 0.250. The van der Waals surface area contributed by atoms with Gasteiger partial charge in [-0.15, -0.1) is 0 Å². The van der Waals surface area contributed by atoms with Gasteiger partial charge < -0.3 is 0 Å². The standard InChI is InChI=1S/2C8H10/c1-7-3-5-8(2)6-4-7;1-2-8-6-4-3-5-7-8/h3-6H,1-2H3;3-7H,2H2,1H3.